The van der Waals surface area contributed by atoms with Crippen LogP contribution >= 0.6 is 11.8 Å². The van der Waals surface area contributed by atoms with E-state index in [9.17, 15) is 13.2 Å². The second-order valence-corrected chi connectivity index (χ2v) is 10.7. The number of sulfone groups is 1. The van der Waals surface area contributed by atoms with Crippen molar-refractivity contribution in [2.75, 3.05) is 35.8 Å². The van der Waals surface area contributed by atoms with Crippen LogP contribution in [0.3, 0.4) is 0 Å². The summed E-state index contributed by atoms with van der Waals surface area (Å²) in [5, 5.41) is 0. The molecule has 28 heavy (non-hydrogen) atoms. The molecule has 2 aliphatic rings. The fourth-order valence-electron chi connectivity index (χ4n) is 3.96. The molecule has 7 heteroatoms. The van der Waals surface area contributed by atoms with Gasteiger partial charge in [0.1, 0.15) is 0 Å². The number of amides is 1. The quantitative estimate of drug-likeness (QED) is 0.767. The molecule has 1 amide bonds. The Morgan fingerprint density at radius 2 is 1.86 bits per heavy atom. The summed E-state index contributed by atoms with van der Waals surface area (Å²) in [6, 6.07) is 18.0. The Kier molecular flexibility index (Phi) is 5.49. The Hall–Kier alpha value is -1.83. The van der Waals surface area contributed by atoms with E-state index < -0.39 is 9.84 Å². The number of likely N-dealkylation sites (N-methyl/N-ethyl adjacent to an activating group) is 1. The summed E-state index contributed by atoms with van der Waals surface area (Å²) in [5.41, 5.74) is 2.05. The minimum Gasteiger partial charge on any atom is -0.302 e. The molecule has 148 valence electrons. The van der Waals surface area contributed by atoms with Crippen molar-refractivity contribution in [1.82, 2.24) is 4.90 Å². The van der Waals surface area contributed by atoms with Gasteiger partial charge in [-0.25, -0.2) is 8.42 Å². The van der Waals surface area contributed by atoms with Gasteiger partial charge in [-0.3, -0.25) is 9.69 Å². The molecular formula is C21H24N2O3S2. The van der Waals surface area contributed by atoms with E-state index in [4.69, 9.17) is 0 Å². The smallest absolute Gasteiger partial charge is 0.241 e. The van der Waals surface area contributed by atoms with Gasteiger partial charge in [-0.2, -0.15) is 0 Å². The Labute approximate surface area is 170 Å². The van der Waals surface area contributed by atoms with Gasteiger partial charge in [0.15, 0.2) is 9.84 Å². The van der Waals surface area contributed by atoms with E-state index in [2.05, 4.69) is 18.2 Å². The number of benzene rings is 2. The van der Waals surface area contributed by atoms with Gasteiger partial charge in [0.25, 0.3) is 0 Å². The monoisotopic (exact) mass is 416 g/mol. The van der Waals surface area contributed by atoms with Gasteiger partial charge in [-0.15, -0.1) is 11.8 Å². The van der Waals surface area contributed by atoms with Crippen LogP contribution in [0.5, 0.6) is 0 Å². The molecule has 0 N–H and O–H groups in total. The van der Waals surface area contributed by atoms with Crippen LogP contribution in [0.1, 0.15) is 18.0 Å². The lowest BCUT2D eigenvalue weighted by atomic mass is 10.0. The fourth-order valence-corrected chi connectivity index (χ4v) is 6.93. The van der Waals surface area contributed by atoms with Crippen molar-refractivity contribution < 1.29 is 13.2 Å². The Bertz CT molecular complexity index is 963. The van der Waals surface area contributed by atoms with E-state index in [-0.39, 0.29) is 36.0 Å². The summed E-state index contributed by atoms with van der Waals surface area (Å²) in [7, 11) is -1.12. The van der Waals surface area contributed by atoms with Crippen molar-refractivity contribution in [2.24, 2.45) is 0 Å². The van der Waals surface area contributed by atoms with Crippen LogP contribution in [-0.4, -0.2) is 56.1 Å². The molecule has 4 rings (SSSR count). The van der Waals surface area contributed by atoms with Crippen molar-refractivity contribution in [1.29, 1.82) is 0 Å². The molecule has 2 aromatic rings. The van der Waals surface area contributed by atoms with Gasteiger partial charge in [0, 0.05) is 16.7 Å². The van der Waals surface area contributed by atoms with Crippen molar-refractivity contribution in [3.8, 4) is 0 Å². The third-order valence-electron chi connectivity index (χ3n) is 5.50. The zero-order valence-corrected chi connectivity index (χ0v) is 17.5. The van der Waals surface area contributed by atoms with Gasteiger partial charge < -0.3 is 4.90 Å². The highest BCUT2D eigenvalue weighted by Gasteiger charge is 2.35. The fraction of sp³-hybridized carbons (Fsp3) is 0.381. The van der Waals surface area contributed by atoms with Crippen molar-refractivity contribution in [3.05, 3.63) is 60.2 Å². The van der Waals surface area contributed by atoms with Gasteiger partial charge in [-0.05, 0) is 31.2 Å². The first-order valence-electron chi connectivity index (χ1n) is 9.44. The molecule has 0 unspecified atom stereocenters. The molecule has 0 aliphatic carbocycles. The van der Waals surface area contributed by atoms with E-state index in [1.165, 1.54) is 0 Å². The maximum absolute atomic E-state index is 13.4. The first-order valence-corrected chi connectivity index (χ1v) is 12.2. The average Bonchev–Trinajstić information content (AvgIpc) is 3.07. The standard InChI is InChI=1S/C21H24N2O3S2/c1-22(17-11-12-28(25,26)15-17)13-21(24)23-18-9-5-6-10-20(18)27-14-19(23)16-7-3-2-4-8-16/h2-10,17,19H,11-15H2,1H3/t17-,19-/m1/s1. The van der Waals surface area contributed by atoms with E-state index in [1.54, 1.807) is 11.8 Å². The lowest BCUT2D eigenvalue weighted by molar-refractivity contribution is -0.120. The first kappa shape index (κ1) is 19.5. The minimum absolute atomic E-state index is 0.00778. The molecule has 0 radical (unpaired) electrons. The molecule has 1 fully saturated rings. The van der Waals surface area contributed by atoms with Crippen LogP contribution in [0.2, 0.25) is 0 Å². The topological polar surface area (TPSA) is 57.7 Å². The summed E-state index contributed by atoms with van der Waals surface area (Å²) >= 11 is 1.77. The lowest BCUT2D eigenvalue weighted by Crippen LogP contribution is -2.46. The number of anilines is 1. The number of rotatable bonds is 4. The maximum atomic E-state index is 13.4. The number of nitrogens with zero attached hydrogens (tertiary/aromatic N) is 2. The van der Waals surface area contributed by atoms with Gasteiger partial charge >= 0.3 is 0 Å². The minimum atomic E-state index is -2.97. The molecular weight excluding hydrogens is 392 g/mol. The van der Waals surface area contributed by atoms with Gasteiger partial charge in [0.05, 0.1) is 29.8 Å². The van der Waals surface area contributed by atoms with Crippen LogP contribution in [-0.2, 0) is 14.6 Å². The molecule has 0 spiro atoms. The van der Waals surface area contributed by atoms with Crippen LogP contribution in [0, 0.1) is 0 Å². The largest absolute Gasteiger partial charge is 0.302 e. The molecule has 1 saturated heterocycles. The number of para-hydroxylation sites is 1. The molecule has 2 atom stereocenters. The summed E-state index contributed by atoms with van der Waals surface area (Å²) in [6.07, 6.45) is 0.598. The van der Waals surface area contributed by atoms with E-state index in [1.807, 2.05) is 53.2 Å². The van der Waals surface area contributed by atoms with Crippen LogP contribution in [0.4, 0.5) is 5.69 Å². The zero-order chi connectivity index (χ0) is 19.7. The van der Waals surface area contributed by atoms with Gasteiger partial charge in [0.2, 0.25) is 5.91 Å². The Morgan fingerprint density at radius 1 is 1.14 bits per heavy atom. The summed E-state index contributed by atoms with van der Waals surface area (Å²) < 4.78 is 23.6. The van der Waals surface area contributed by atoms with E-state index >= 15 is 0 Å². The number of hydrogen-bond acceptors (Lipinski definition) is 5. The second-order valence-electron chi connectivity index (χ2n) is 7.44. The number of carbonyl (C=O) groups excluding carboxylic acids is 1. The SMILES string of the molecule is CN(CC(=O)N1c2ccccc2SC[C@@H]1c1ccccc1)[C@@H]1CCS(=O)(=O)C1. The van der Waals surface area contributed by atoms with E-state index in [0.29, 0.717) is 6.42 Å². The third-order valence-corrected chi connectivity index (χ3v) is 8.39. The predicted octanol–water partition coefficient (Wildman–Crippen LogP) is 2.99. The Balaban J connectivity index is 1.60. The third kappa shape index (κ3) is 3.97. The number of carbonyl (C=O) groups is 1. The lowest BCUT2D eigenvalue weighted by Gasteiger charge is -2.38. The van der Waals surface area contributed by atoms with Gasteiger partial charge in [-0.1, -0.05) is 42.5 Å². The number of hydrogen-bond donors (Lipinski definition) is 0. The van der Waals surface area contributed by atoms with Crippen molar-refractivity contribution in [3.63, 3.8) is 0 Å². The first-order chi connectivity index (χ1) is 13.4. The molecule has 0 saturated carbocycles. The zero-order valence-electron chi connectivity index (χ0n) is 15.8. The summed E-state index contributed by atoms with van der Waals surface area (Å²) in [4.78, 5) is 18.3. The summed E-state index contributed by atoms with van der Waals surface area (Å²) in [5.74, 6) is 1.17. The van der Waals surface area contributed by atoms with E-state index in [0.717, 1.165) is 21.9 Å². The molecule has 2 aliphatic heterocycles. The molecule has 0 aromatic heterocycles. The highest BCUT2D eigenvalue weighted by Crippen LogP contribution is 2.43. The van der Waals surface area contributed by atoms with Crippen LogP contribution in [0.15, 0.2) is 59.5 Å². The highest BCUT2D eigenvalue weighted by molar-refractivity contribution is 7.99. The predicted molar refractivity (Wildman–Crippen MR) is 114 cm³/mol. The van der Waals surface area contributed by atoms with Crippen LogP contribution in [0.25, 0.3) is 0 Å². The second kappa shape index (κ2) is 7.89. The summed E-state index contributed by atoms with van der Waals surface area (Å²) in [6.45, 7) is 0.211. The Morgan fingerprint density at radius 3 is 2.57 bits per heavy atom. The molecule has 0 bridgehead atoms. The highest BCUT2D eigenvalue weighted by atomic mass is 32.2. The normalized spacial score (nSPS) is 23.6. The molecule has 2 heterocycles. The van der Waals surface area contributed by atoms with Crippen molar-refractivity contribution >= 4 is 33.2 Å². The number of thioether (sulfide) groups is 1. The van der Waals surface area contributed by atoms with Crippen LogP contribution < -0.4 is 4.90 Å². The molecule has 2 aromatic carbocycles. The van der Waals surface area contributed by atoms with Crippen molar-refractivity contribution in [2.45, 2.75) is 23.4 Å². The molecule has 5 nitrogen and oxygen atoms in total. The number of fused-ring (bicyclic) bond motifs is 1. The maximum Gasteiger partial charge on any atom is 0.241 e. The average molecular weight is 417 g/mol.